The van der Waals surface area contributed by atoms with E-state index in [1.165, 1.54) is 16.7 Å². The molecule has 84 valence electrons. The Morgan fingerprint density at radius 2 is 1.59 bits per heavy atom. The predicted molar refractivity (Wildman–Crippen MR) is 76.3 cm³/mol. The molecule has 0 aromatic heterocycles. The number of benzene rings is 2. The highest BCUT2D eigenvalue weighted by Crippen LogP contribution is 2.43. The average molecular weight is 285 g/mol. The normalized spacial score (nSPS) is 19.0. The third kappa shape index (κ3) is 1.96. The van der Waals surface area contributed by atoms with Gasteiger partial charge in [-0.3, -0.25) is 0 Å². The van der Waals surface area contributed by atoms with Gasteiger partial charge in [-0.2, -0.15) is 0 Å². The van der Waals surface area contributed by atoms with Crippen LogP contribution in [0.2, 0.25) is 0 Å². The fraction of sp³-hybridized carbons (Fsp3) is 0.125. The third-order valence-electron chi connectivity index (χ3n) is 3.27. The van der Waals surface area contributed by atoms with Crippen molar-refractivity contribution in [3.63, 3.8) is 0 Å². The number of allylic oxidation sites excluding steroid dienone is 1. The zero-order chi connectivity index (χ0) is 11.7. The maximum atomic E-state index is 3.83. The van der Waals surface area contributed by atoms with Crippen LogP contribution in [0.25, 0.3) is 6.08 Å². The first-order valence-electron chi connectivity index (χ1n) is 5.82. The number of rotatable bonds is 2. The van der Waals surface area contributed by atoms with Crippen molar-refractivity contribution >= 4 is 22.0 Å². The Balaban J connectivity index is 1.95. The van der Waals surface area contributed by atoms with E-state index in [1.807, 2.05) is 0 Å². The van der Waals surface area contributed by atoms with E-state index in [9.17, 15) is 0 Å². The molecule has 0 N–H and O–H groups in total. The van der Waals surface area contributed by atoms with E-state index >= 15 is 0 Å². The van der Waals surface area contributed by atoms with Gasteiger partial charge in [0, 0.05) is 10.7 Å². The molecule has 2 unspecified atom stereocenters. The molecule has 0 spiro atoms. The van der Waals surface area contributed by atoms with Crippen molar-refractivity contribution in [2.75, 3.05) is 0 Å². The molecule has 0 saturated heterocycles. The fourth-order valence-corrected chi connectivity index (χ4v) is 3.14. The van der Waals surface area contributed by atoms with Crippen molar-refractivity contribution in [2.24, 2.45) is 0 Å². The molecule has 0 fully saturated rings. The lowest BCUT2D eigenvalue weighted by molar-refractivity contribution is 0.841. The summed E-state index contributed by atoms with van der Waals surface area (Å²) in [5, 5.41) is 0. The largest absolute Gasteiger partial charge is 0.0829 e. The third-order valence-corrected chi connectivity index (χ3v) is 4.37. The summed E-state index contributed by atoms with van der Waals surface area (Å²) in [4.78, 5) is 0.351. The Labute approximate surface area is 110 Å². The predicted octanol–water partition coefficient (Wildman–Crippen LogP) is 4.93. The van der Waals surface area contributed by atoms with Crippen LogP contribution >= 0.6 is 15.9 Å². The summed E-state index contributed by atoms with van der Waals surface area (Å²) in [5.41, 5.74) is 4.09. The first kappa shape index (κ1) is 10.8. The summed E-state index contributed by atoms with van der Waals surface area (Å²) < 4.78 is 0. The first-order valence-corrected chi connectivity index (χ1v) is 6.74. The molecule has 1 heteroatoms. The highest BCUT2D eigenvalue weighted by atomic mass is 79.9. The highest BCUT2D eigenvalue weighted by molar-refractivity contribution is 9.09. The topological polar surface area (TPSA) is 0 Å². The smallest absolute Gasteiger partial charge is 0.0498 e. The van der Waals surface area contributed by atoms with Gasteiger partial charge in [0.1, 0.15) is 0 Å². The quantitative estimate of drug-likeness (QED) is 0.686. The summed E-state index contributed by atoms with van der Waals surface area (Å²) in [6.07, 6.45) is 4.51. The monoisotopic (exact) mass is 284 g/mol. The second-order valence-corrected chi connectivity index (χ2v) is 5.31. The van der Waals surface area contributed by atoms with Crippen molar-refractivity contribution in [2.45, 2.75) is 10.7 Å². The van der Waals surface area contributed by atoms with Gasteiger partial charge in [0.15, 0.2) is 0 Å². The van der Waals surface area contributed by atoms with E-state index in [1.54, 1.807) is 0 Å². The van der Waals surface area contributed by atoms with Gasteiger partial charge in [-0.05, 0) is 16.7 Å². The molecule has 0 saturated carbocycles. The summed E-state index contributed by atoms with van der Waals surface area (Å²) in [6, 6.07) is 19.2. The Morgan fingerprint density at radius 1 is 0.882 bits per heavy atom. The summed E-state index contributed by atoms with van der Waals surface area (Å²) in [6.45, 7) is 0. The van der Waals surface area contributed by atoms with Crippen LogP contribution in [-0.2, 0) is 0 Å². The molecule has 0 radical (unpaired) electrons. The van der Waals surface area contributed by atoms with Crippen LogP contribution in [0.15, 0.2) is 60.7 Å². The molecule has 2 atom stereocenters. The molecular formula is C16H13Br. The SMILES string of the molecule is BrC(c1ccccc1)C1C=Cc2ccccc21. The Bertz CT molecular complexity index is 542. The van der Waals surface area contributed by atoms with Gasteiger partial charge in [0.25, 0.3) is 0 Å². The van der Waals surface area contributed by atoms with Crippen molar-refractivity contribution in [3.8, 4) is 0 Å². The summed E-state index contributed by atoms with van der Waals surface area (Å²) in [5.74, 6) is 0.439. The molecule has 3 rings (SSSR count). The van der Waals surface area contributed by atoms with E-state index < -0.39 is 0 Å². The number of halogens is 1. The minimum Gasteiger partial charge on any atom is -0.0829 e. The second kappa shape index (κ2) is 4.50. The number of hydrogen-bond acceptors (Lipinski definition) is 0. The first-order chi connectivity index (χ1) is 8.36. The lowest BCUT2D eigenvalue weighted by Gasteiger charge is -2.18. The molecule has 0 bridgehead atoms. The molecule has 0 nitrogen and oxygen atoms in total. The Hall–Kier alpha value is -1.34. The van der Waals surface area contributed by atoms with E-state index in [-0.39, 0.29) is 0 Å². The van der Waals surface area contributed by atoms with Crippen LogP contribution in [0.5, 0.6) is 0 Å². The standard InChI is InChI=1S/C16H13Br/c17-16(13-7-2-1-3-8-13)15-11-10-12-6-4-5-9-14(12)15/h1-11,15-16H. The number of alkyl halides is 1. The fourth-order valence-electron chi connectivity index (χ4n) is 2.38. The summed E-state index contributed by atoms with van der Waals surface area (Å²) in [7, 11) is 0. The van der Waals surface area contributed by atoms with Crippen molar-refractivity contribution in [1.29, 1.82) is 0 Å². The number of hydrogen-bond donors (Lipinski definition) is 0. The Morgan fingerprint density at radius 3 is 2.41 bits per heavy atom. The Kier molecular flexibility index (Phi) is 2.86. The molecule has 2 aromatic carbocycles. The molecule has 1 aliphatic rings. The zero-order valence-corrected chi connectivity index (χ0v) is 11.0. The minimum atomic E-state index is 0.351. The maximum absolute atomic E-state index is 3.83. The van der Waals surface area contributed by atoms with Crippen LogP contribution in [0.4, 0.5) is 0 Å². The van der Waals surface area contributed by atoms with Gasteiger partial charge >= 0.3 is 0 Å². The van der Waals surface area contributed by atoms with Crippen molar-refractivity contribution in [3.05, 3.63) is 77.4 Å². The van der Waals surface area contributed by atoms with Crippen LogP contribution in [0.1, 0.15) is 27.4 Å². The average Bonchev–Trinajstić information content (AvgIpc) is 2.83. The summed E-state index contributed by atoms with van der Waals surface area (Å²) >= 11 is 3.83. The maximum Gasteiger partial charge on any atom is 0.0498 e. The molecule has 2 aromatic rings. The molecule has 1 aliphatic carbocycles. The van der Waals surface area contributed by atoms with Gasteiger partial charge in [-0.25, -0.2) is 0 Å². The molecular weight excluding hydrogens is 272 g/mol. The van der Waals surface area contributed by atoms with Gasteiger partial charge in [0.2, 0.25) is 0 Å². The van der Waals surface area contributed by atoms with Gasteiger partial charge < -0.3 is 0 Å². The molecule has 0 aliphatic heterocycles. The van der Waals surface area contributed by atoms with E-state index in [4.69, 9.17) is 0 Å². The van der Waals surface area contributed by atoms with E-state index in [2.05, 4.69) is 82.7 Å². The zero-order valence-electron chi connectivity index (χ0n) is 9.38. The lowest BCUT2D eigenvalue weighted by Crippen LogP contribution is -2.01. The lowest BCUT2D eigenvalue weighted by atomic mass is 9.94. The van der Waals surface area contributed by atoms with E-state index in [0.717, 1.165) is 0 Å². The van der Waals surface area contributed by atoms with Crippen LogP contribution in [0, 0.1) is 0 Å². The van der Waals surface area contributed by atoms with Crippen molar-refractivity contribution in [1.82, 2.24) is 0 Å². The second-order valence-electron chi connectivity index (χ2n) is 4.33. The molecule has 17 heavy (non-hydrogen) atoms. The van der Waals surface area contributed by atoms with Crippen LogP contribution < -0.4 is 0 Å². The molecule has 0 heterocycles. The van der Waals surface area contributed by atoms with Gasteiger partial charge in [-0.1, -0.05) is 82.7 Å². The minimum absolute atomic E-state index is 0.351. The number of fused-ring (bicyclic) bond motifs is 1. The van der Waals surface area contributed by atoms with Crippen LogP contribution in [-0.4, -0.2) is 0 Å². The highest BCUT2D eigenvalue weighted by Gasteiger charge is 2.24. The van der Waals surface area contributed by atoms with E-state index in [0.29, 0.717) is 10.7 Å². The van der Waals surface area contributed by atoms with Crippen LogP contribution in [0.3, 0.4) is 0 Å². The van der Waals surface area contributed by atoms with Crippen molar-refractivity contribution < 1.29 is 0 Å². The molecule has 0 amide bonds. The van der Waals surface area contributed by atoms with Gasteiger partial charge in [0.05, 0.1) is 0 Å². The van der Waals surface area contributed by atoms with Gasteiger partial charge in [-0.15, -0.1) is 0 Å².